The summed E-state index contributed by atoms with van der Waals surface area (Å²) < 4.78 is 40.2. The van der Waals surface area contributed by atoms with Crippen molar-refractivity contribution < 1.29 is 22.8 Å². The number of amides is 2. The molecule has 120 valence electrons. The van der Waals surface area contributed by atoms with Crippen LogP contribution in [0.1, 0.15) is 47.0 Å². The third-order valence-electron chi connectivity index (χ3n) is 4.35. The number of halogens is 3. The molecule has 1 aliphatic carbocycles. The van der Waals surface area contributed by atoms with Crippen molar-refractivity contribution in [2.24, 2.45) is 5.41 Å². The number of carbonyl (C=O) groups is 2. The molecule has 0 spiro atoms. The van der Waals surface area contributed by atoms with Crippen molar-refractivity contribution >= 4 is 11.8 Å². The van der Waals surface area contributed by atoms with Gasteiger partial charge in [-0.3, -0.25) is 9.59 Å². The summed E-state index contributed by atoms with van der Waals surface area (Å²) in [5.41, 5.74) is -2.78. The topological polar surface area (TPSA) is 49.4 Å². The summed E-state index contributed by atoms with van der Waals surface area (Å²) in [5.74, 6) is -1.11. The predicted octanol–water partition coefficient (Wildman–Crippen LogP) is 2.23. The molecule has 0 aromatic heterocycles. The largest absolute Gasteiger partial charge is 0.411 e. The second kappa shape index (κ2) is 4.61. The normalized spacial score (nSPS) is 29.4. The molecule has 2 amide bonds. The molecule has 1 heterocycles. The van der Waals surface area contributed by atoms with Crippen LogP contribution in [0.5, 0.6) is 0 Å². The van der Waals surface area contributed by atoms with Gasteiger partial charge in [0.1, 0.15) is 17.6 Å². The minimum absolute atomic E-state index is 0.122. The Kier molecular flexibility index (Phi) is 3.54. The number of carbonyl (C=O) groups excluding carboxylic acids is 2. The maximum atomic E-state index is 13.4. The Labute approximate surface area is 122 Å². The number of nitrogens with zero attached hydrogens (tertiary/aromatic N) is 1. The van der Waals surface area contributed by atoms with Gasteiger partial charge in [-0.1, -0.05) is 27.7 Å². The van der Waals surface area contributed by atoms with E-state index in [0.717, 1.165) is 4.90 Å². The first-order chi connectivity index (χ1) is 9.45. The zero-order valence-electron chi connectivity index (χ0n) is 12.7. The molecule has 2 rings (SSSR count). The smallest absolute Gasteiger partial charge is 0.342 e. The first-order valence-electron chi connectivity index (χ1n) is 7.16. The fourth-order valence-corrected chi connectivity index (χ4v) is 2.95. The van der Waals surface area contributed by atoms with Crippen LogP contribution in [-0.4, -0.2) is 40.5 Å². The van der Waals surface area contributed by atoms with Crippen LogP contribution in [0.4, 0.5) is 13.2 Å². The Hall–Kier alpha value is -1.27. The lowest BCUT2D eigenvalue weighted by Gasteiger charge is -2.47. The number of rotatable bonds is 2. The molecule has 7 heteroatoms. The lowest BCUT2D eigenvalue weighted by molar-refractivity contribution is -0.211. The first kappa shape index (κ1) is 16.1. The molecule has 2 unspecified atom stereocenters. The molecule has 1 saturated heterocycles. The van der Waals surface area contributed by atoms with E-state index < -0.39 is 41.0 Å². The number of nitrogens with one attached hydrogen (secondary N) is 1. The van der Waals surface area contributed by atoms with Gasteiger partial charge in [-0.15, -0.1) is 0 Å². The van der Waals surface area contributed by atoms with Gasteiger partial charge in [0.2, 0.25) is 11.8 Å². The van der Waals surface area contributed by atoms with E-state index in [0.29, 0.717) is 0 Å². The molecule has 0 aromatic carbocycles. The van der Waals surface area contributed by atoms with Gasteiger partial charge in [-0.2, -0.15) is 13.2 Å². The molecule has 0 bridgehead atoms. The highest BCUT2D eigenvalue weighted by Crippen LogP contribution is 2.55. The van der Waals surface area contributed by atoms with Crippen molar-refractivity contribution in [2.75, 3.05) is 0 Å². The summed E-state index contributed by atoms with van der Waals surface area (Å²) in [5, 5.41) is 2.59. The molecule has 0 aromatic rings. The van der Waals surface area contributed by atoms with E-state index in [1.165, 1.54) is 0 Å². The zero-order chi connectivity index (χ0) is 16.2. The molecule has 21 heavy (non-hydrogen) atoms. The van der Waals surface area contributed by atoms with Crippen molar-refractivity contribution in [1.29, 1.82) is 0 Å². The molecular formula is C14H21F3N2O2. The minimum atomic E-state index is -4.50. The fraction of sp³-hybridized carbons (Fsp3) is 0.857. The highest BCUT2D eigenvalue weighted by Gasteiger charge is 2.71. The van der Waals surface area contributed by atoms with E-state index in [4.69, 9.17) is 0 Å². The highest BCUT2D eigenvalue weighted by atomic mass is 19.4. The van der Waals surface area contributed by atoms with Crippen LogP contribution >= 0.6 is 0 Å². The predicted molar refractivity (Wildman–Crippen MR) is 70.3 cm³/mol. The monoisotopic (exact) mass is 306 g/mol. The molecule has 2 fully saturated rings. The van der Waals surface area contributed by atoms with Gasteiger partial charge in [0, 0.05) is 0 Å². The summed E-state index contributed by atoms with van der Waals surface area (Å²) in [7, 11) is 0. The van der Waals surface area contributed by atoms with Gasteiger partial charge in [0.05, 0.1) is 0 Å². The quantitative estimate of drug-likeness (QED) is 0.850. The van der Waals surface area contributed by atoms with Crippen molar-refractivity contribution in [3.8, 4) is 0 Å². The van der Waals surface area contributed by atoms with Crippen molar-refractivity contribution in [3.05, 3.63) is 0 Å². The molecule has 2 aliphatic rings. The minimum Gasteiger partial charge on any atom is -0.342 e. The van der Waals surface area contributed by atoms with Crippen LogP contribution in [0.15, 0.2) is 0 Å². The van der Waals surface area contributed by atoms with E-state index in [9.17, 15) is 22.8 Å². The maximum Gasteiger partial charge on any atom is 0.411 e. The molecule has 1 N–H and O–H groups in total. The SMILES string of the molecule is CCC1C(=O)NC(C(C)(C)C)C(=O)N1C1(C(F)(F)F)CC1. The Bertz CT molecular complexity index is 464. The standard InChI is InChI=1S/C14H21F3N2O2/c1-5-8-10(20)18-9(12(2,3)4)11(21)19(8)13(6-7-13)14(15,16)17/h8-9H,5-7H2,1-4H3,(H,18,20). The van der Waals surface area contributed by atoms with Crippen LogP contribution in [0.2, 0.25) is 0 Å². The van der Waals surface area contributed by atoms with Gasteiger partial charge in [-0.05, 0) is 24.7 Å². The number of alkyl halides is 3. The Morgan fingerprint density at radius 1 is 1.24 bits per heavy atom. The van der Waals surface area contributed by atoms with Crippen LogP contribution < -0.4 is 5.32 Å². The van der Waals surface area contributed by atoms with Crippen LogP contribution in [0.25, 0.3) is 0 Å². The van der Waals surface area contributed by atoms with Gasteiger partial charge in [0.25, 0.3) is 0 Å². The van der Waals surface area contributed by atoms with E-state index in [-0.39, 0.29) is 19.3 Å². The van der Waals surface area contributed by atoms with Crippen molar-refractivity contribution in [1.82, 2.24) is 10.2 Å². The van der Waals surface area contributed by atoms with Crippen LogP contribution in [-0.2, 0) is 9.59 Å². The molecule has 1 saturated carbocycles. The van der Waals surface area contributed by atoms with Crippen LogP contribution in [0.3, 0.4) is 0 Å². The van der Waals surface area contributed by atoms with Crippen molar-refractivity contribution in [3.63, 3.8) is 0 Å². The van der Waals surface area contributed by atoms with Crippen LogP contribution in [0, 0.1) is 5.41 Å². The summed E-state index contributed by atoms with van der Waals surface area (Å²) in [6.07, 6.45) is -4.58. The Morgan fingerprint density at radius 3 is 2.10 bits per heavy atom. The van der Waals surface area contributed by atoms with E-state index in [1.54, 1.807) is 27.7 Å². The van der Waals surface area contributed by atoms with Gasteiger partial charge < -0.3 is 10.2 Å². The second-order valence-electron chi connectivity index (χ2n) is 6.97. The van der Waals surface area contributed by atoms with Gasteiger partial charge >= 0.3 is 6.18 Å². The molecule has 1 aliphatic heterocycles. The Morgan fingerprint density at radius 2 is 1.76 bits per heavy atom. The number of hydrogen-bond acceptors (Lipinski definition) is 2. The average molecular weight is 306 g/mol. The van der Waals surface area contributed by atoms with Gasteiger partial charge in [-0.25, -0.2) is 0 Å². The summed E-state index contributed by atoms with van der Waals surface area (Å²) >= 11 is 0. The summed E-state index contributed by atoms with van der Waals surface area (Å²) in [6, 6.07) is -1.96. The second-order valence-corrected chi connectivity index (χ2v) is 6.97. The van der Waals surface area contributed by atoms with Gasteiger partial charge in [0.15, 0.2) is 0 Å². The zero-order valence-corrected chi connectivity index (χ0v) is 12.7. The molecule has 2 atom stereocenters. The average Bonchev–Trinajstić information content (AvgIpc) is 3.10. The Balaban J connectivity index is 2.44. The molecule has 4 nitrogen and oxygen atoms in total. The third-order valence-corrected chi connectivity index (χ3v) is 4.35. The van der Waals surface area contributed by atoms with Crippen molar-refractivity contribution in [2.45, 2.75) is 70.8 Å². The van der Waals surface area contributed by atoms with E-state index >= 15 is 0 Å². The summed E-state index contributed by atoms with van der Waals surface area (Å²) in [6.45, 7) is 6.81. The molecular weight excluding hydrogens is 285 g/mol. The maximum absolute atomic E-state index is 13.4. The highest BCUT2D eigenvalue weighted by molar-refractivity contribution is 5.98. The number of piperazine rings is 1. The third kappa shape index (κ3) is 2.40. The lowest BCUT2D eigenvalue weighted by atomic mass is 9.83. The number of hydrogen-bond donors (Lipinski definition) is 1. The van der Waals surface area contributed by atoms with E-state index in [2.05, 4.69) is 5.32 Å². The lowest BCUT2D eigenvalue weighted by Crippen LogP contribution is -2.71. The summed E-state index contributed by atoms with van der Waals surface area (Å²) in [4.78, 5) is 25.6. The fourth-order valence-electron chi connectivity index (χ4n) is 2.95. The first-order valence-corrected chi connectivity index (χ1v) is 7.16. The molecule has 0 radical (unpaired) electrons. The van der Waals surface area contributed by atoms with E-state index in [1.807, 2.05) is 0 Å².